The van der Waals surface area contributed by atoms with E-state index in [1.165, 1.54) is 11.3 Å². The Morgan fingerprint density at radius 1 is 1.42 bits per heavy atom. The topological polar surface area (TPSA) is 90.9 Å². The molecular weight excluding hydrogens is 264 g/mol. The molecule has 8 heteroatoms. The van der Waals surface area contributed by atoms with Crippen LogP contribution in [0.15, 0.2) is 17.5 Å². The first-order valence-electron chi connectivity index (χ1n) is 5.57. The van der Waals surface area contributed by atoms with Gasteiger partial charge in [-0.15, -0.1) is 11.3 Å². The van der Waals surface area contributed by atoms with Crippen molar-refractivity contribution < 1.29 is 4.74 Å². The molecule has 0 radical (unpaired) electrons. The summed E-state index contributed by atoms with van der Waals surface area (Å²) in [7, 11) is 1.82. The number of aromatic nitrogens is 4. The van der Waals surface area contributed by atoms with Crippen LogP contribution < -0.4 is 16.0 Å². The number of thiophene rings is 1. The Hall–Kier alpha value is -2.19. The first-order chi connectivity index (χ1) is 9.17. The molecule has 0 amide bonds. The molecule has 3 heterocycles. The Morgan fingerprint density at radius 2 is 2.26 bits per heavy atom. The second-order valence-corrected chi connectivity index (χ2v) is 4.90. The summed E-state index contributed by atoms with van der Waals surface area (Å²) in [5, 5.41) is 6.16. The van der Waals surface area contributed by atoms with E-state index in [9.17, 15) is 0 Å². The number of hydrogen-bond acceptors (Lipinski definition) is 7. The monoisotopic (exact) mass is 276 g/mol. The molecule has 7 nitrogen and oxygen atoms in total. The van der Waals surface area contributed by atoms with Crippen molar-refractivity contribution >= 4 is 27.5 Å². The summed E-state index contributed by atoms with van der Waals surface area (Å²) in [4.78, 5) is 8.48. The minimum Gasteiger partial charge on any atom is -0.419 e. The van der Waals surface area contributed by atoms with Crippen LogP contribution in [-0.2, 0) is 7.05 Å². The quantitative estimate of drug-likeness (QED) is 0.560. The largest absolute Gasteiger partial charge is 0.419 e. The van der Waals surface area contributed by atoms with Gasteiger partial charge in [0.15, 0.2) is 0 Å². The molecule has 3 rings (SSSR count). The van der Waals surface area contributed by atoms with Crippen molar-refractivity contribution in [3.8, 4) is 11.8 Å². The Bertz CT molecular complexity index is 734. The number of rotatable bonds is 3. The van der Waals surface area contributed by atoms with E-state index in [1.807, 2.05) is 31.5 Å². The van der Waals surface area contributed by atoms with Gasteiger partial charge in [-0.25, -0.2) is 15.5 Å². The maximum Gasteiger partial charge on any atom is 0.244 e. The molecule has 0 atom stereocenters. The van der Waals surface area contributed by atoms with Crippen LogP contribution in [0.25, 0.3) is 10.2 Å². The zero-order chi connectivity index (χ0) is 13.4. The number of nitrogen functional groups attached to an aromatic ring is 1. The van der Waals surface area contributed by atoms with Crippen LogP contribution in [0, 0.1) is 6.92 Å². The summed E-state index contributed by atoms with van der Waals surface area (Å²) >= 11 is 1.52. The number of fused-ring (bicyclic) bond motifs is 1. The van der Waals surface area contributed by atoms with Crippen LogP contribution in [-0.4, -0.2) is 19.7 Å². The molecular formula is C11H12N6OS. The lowest BCUT2D eigenvalue weighted by atomic mass is 10.4. The standard InChI is InChI=1S/C11H12N6OS/c1-6-5-8(17(2)16-6)18-10-9-7(3-4-19-9)13-11(14-10)15-12/h3-5H,12H2,1-2H3,(H,13,14,15). The fraction of sp³-hybridized carbons (Fsp3) is 0.182. The number of nitrogens with one attached hydrogen (secondary N) is 1. The average Bonchev–Trinajstić information content (AvgIpc) is 2.96. The second-order valence-electron chi connectivity index (χ2n) is 3.98. The van der Waals surface area contributed by atoms with Crippen LogP contribution in [0.4, 0.5) is 5.95 Å². The molecule has 0 fully saturated rings. The summed E-state index contributed by atoms with van der Waals surface area (Å²) in [6.45, 7) is 1.90. The molecule has 0 bridgehead atoms. The van der Waals surface area contributed by atoms with Crippen LogP contribution in [0.2, 0.25) is 0 Å². The average molecular weight is 276 g/mol. The molecule has 0 aliphatic rings. The van der Waals surface area contributed by atoms with Crippen LogP contribution >= 0.6 is 11.3 Å². The molecule has 0 aliphatic carbocycles. The van der Waals surface area contributed by atoms with Gasteiger partial charge in [0.25, 0.3) is 0 Å². The highest BCUT2D eigenvalue weighted by molar-refractivity contribution is 7.17. The van der Waals surface area contributed by atoms with Gasteiger partial charge in [-0.3, -0.25) is 5.43 Å². The highest BCUT2D eigenvalue weighted by Gasteiger charge is 2.13. The van der Waals surface area contributed by atoms with E-state index in [4.69, 9.17) is 10.6 Å². The van der Waals surface area contributed by atoms with Gasteiger partial charge in [-0.1, -0.05) is 0 Å². The number of nitrogens with zero attached hydrogens (tertiary/aromatic N) is 4. The van der Waals surface area contributed by atoms with Crippen molar-refractivity contribution in [2.24, 2.45) is 12.9 Å². The molecule has 0 aromatic carbocycles. The van der Waals surface area contributed by atoms with Crippen molar-refractivity contribution in [3.05, 3.63) is 23.2 Å². The molecule has 0 spiro atoms. The minimum atomic E-state index is 0.319. The predicted octanol–water partition coefficient (Wildman–Crippen LogP) is 1.81. The van der Waals surface area contributed by atoms with Gasteiger partial charge < -0.3 is 4.74 Å². The maximum atomic E-state index is 5.81. The first-order valence-corrected chi connectivity index (χ1v) is 6.45. The van der Waals surface area contributed by atoms with Gasteiger partial charge in [-0.2, -0.15) is 10.1 Å². The fourth-order valence-corrected chi connectivity index (χ4v) is 2.51. The lowest BCUT2D eigenvalue weighted by molar-refractivity contribution is 0.421. The third-order valence-corrected chi connectivity index (χ3v) is 3.45. The van der Waals surface area contributed by atoms with Gasteiger partial charge in [-0.05, 0) is 18.4 Å². The van der Waals surface area contributed by atoms with E-state index in [0.717, 1.165) is 15.9 Å². The van der Waals surface area contributed by atoms with E-state index in [2.05, 4.69) is 20.5 Å². The van der Waals surface area contributed by atoms with E-state index in [0.29, 0.717) is 17.7 Å². The van der Waals surface area contributed by atoms with Crippen LogP contribution in [0.3, 0.4) is 0 Å². The molecule has 3 aromatic rings. The lowest BCUT2D eigenvalue weighted by Crippen LogP contribution is -2.10. The van der Waals surface area contributed by atoms with Crippen molar-refractivity contribution in [1.82, 2.24) is 19.7 Å². The summed E-state index contributed by atoms with van der Waals surface area (Å²) in [5.41, 5.74) is 4.11. The van der Waals surface area contributed by atoms with Gasteiger partial charge in [0.05, 0.1) is 11.2 Å². The number of anilines is 1. The smallest absolute Gasteiger partial charge is 0.244 e. The van der Waals surface area contributed by atoms with Crippen molar-refractivity contribution in [3.63, 3.8) is 0 Å². The Morgan fingerprint density at radius 3 is 2.95 bits per heavy atom. The number of hydrogen-bond donors (Lipinski definition) is 2. The zero-order valence-electron chi connectivity index (χ0n) is 10.4. The highest BCUT2D eigenvalue weighted by atomic mass is 32.1. The number of aryl methyl sites for hydroxylation is 2. The fourth-order valence-electron chi connectivity index (χ4n) is 1.75. The Balaban J connectivity index is 2.08. The van der Waals surface area contributed by atoms with Crippen molar-refractivity contribution in [2.75, 3.05) is 5.43 Å². The number of hydrazine groups is 1. The van der Waals surface area contributed by atoms with Gasteiger partial charge in [0.1, 0.15) is 4.70 Å². The van der Waals surface area contributed by atoms with Gasteiger partial charge >= 0.3 is 0 Å². The molecule has 3 aromatic heterocycles. The normalized spacial score (nSPS) is 10.9. The third-order valence-electron chi connectivity index (χ3n) is 2.56. The summed E-state index contributed by atoms with van der Waals surface area (Å²) in [6.07, 6.45) is 0. The minimum absolute atomic E-state index is 0.319. The van der Waals surface area contributed by atoms with Crippen molar-refractivity contribution in [1.29, 1.82) is 0 Å². The molecule has 19 heavy (non-hydrogen) atoms. The van der Waals surface area contributed by atoms with Crippen molar-refractivity contribution in [2.45, 2.75) is 6.92 Å². The number of nitrogens with two attached hydrogens (primary N) is 1. The molecule has 98 valence electrons. The summed E-state index contributed by atoms with van der Waals surface area (Å²) in [6, 6.07) is 3.74. The van der Waals surface area contributed by atoms with Gasteiger partial charge in [0.2, 0.25) is 17.7 Å². The molecule has 0 saturated carbocycles. The Kier molecular flexibility index (Phi) is 2.80. The SMILES string of the molecule is Cc1cc(Oc2nc(NN)nc3ccsc23)n(C)n1. The second kappa shape index (κ2) is 4.48. The predicted molar refractivity (Wildman–Crippen MR) is 73.2 cm³/mol. The number of ether oxygens (including phenoxy) is 1. The molecule has 0 saturated heterocycles. The van der Waals surface area contributed by atoms with Crippen LogP contribution in [0.1, 0.15) is 5.69 Å². The highest BCUT2D eigenvalue weighted by Crippen LogP contribution is 2.32. The molecule has 0 unspecified atom stereocenters. The van der Waals surface area contributed by atoms with E-state index < -0.39 is 0 Å². The van der Waals surface area contributed by atoms with E-state index in [-0.39, 0.29) is 0 Å². The third kappa shape index (κ3) is 2.11. The molecule has 0 aliphatic heterocycles. The summed E-state index contributed by atoms with van der Waals surface area (Å²) in [5.74, 6) is 6.77. The summed E-state index contributed by atoms with van der Waals surface area (Å²) < 4.78 is 8.34. The van der Waals surface area contributed by atoms with Crippen LogP contribution in [0.5, 0.6) is 11.8 Å². The first kappa shape index (κ1) is 11.9. The maximum absolute atomic E-state index is 5.81. The van der Waals surface area contributed by atoms with E-state index >= 15 is 0 Å². The van der Waals surface area contributed by atoms with E-state index in [1.54, 1.807) is 4.68 Å². The lowest BCUT2D eigenvalue weighted by Gasteiger charge is -2.07. The van der Waals surface area contributed by atoms with Gasteiger partial charge in [0, 0.05) is 13.1 Å². The zero-order valence-corrected chi connectivity index (χ0v) is 11.2. The molecule has 3 N–H and O–H groups in total. The Labute approximate surface area is 113 Å².